The van der Waals surface area contributed by atoms with Gasteiger partial charge in [0.1, 0.15) is 0 Å². The lowest BCUT2D eigenvalue weighted by atomic mass is 10.0. The van der Waals surface area contributed by atoms with E-state index in [0.29, 0.717) is 11.8 Å². The molecule has 5 heteroatoms. The Bertz CT molecular complexity index is 449. The number of aryl methyl sites for hydroxylation is 1. The number of nitrogens with zero attached hydrogens (tertiary/aromatic N) is 4. The van der Waals surface area contributed by atoms with Crippen molar-refractivity contribution in [1.82, 2.24) is 20.0 Å². The highest BCUT2D eigenvalue weighted by Crippen LogP contribution is 2.26. The maximum atomic E-state index is 4.74. The summed E-state index contributed by atoms with van der Waals surface area (Å²) in [6.07, 6.45) is 5.30. The highest BCUT2D eigenvalue weighted by Gasteiger charge is 2.26. The van der Waals surface area contributed by atoms with Crippen molar-refractivity contribution in [3.8, 4) is 0 Å². The summed E-state index contributed by atoms with van der Waals surface area (Å²) < 4.78 is 1.88. The summed E-state index contributed by atoms with van der Waals surface area (Å²) >= 11 is 0. The normalized spacial score (nSPS) is 19.9. The first kappa shape index (κ1) is 14.9. The molecule has 0 amide bonds. The fourth-order valence-corrected chi connectivity index (χ4v) is 2.57. The van der Waals surface area contributed by atoms with E-state index in [2.05, 4.69) is 42.3 Å². The Morgan fingerprint density at radius 2 is 2.35 bits per heavy atom. The van der Waals surface area contributed by atoms with E-state index in [9.17, 15) is 0 Å². The minimum Gasteiger partial charge on any atom is -0.357 e. The van der Waals surface area contributed by atoms with Crippen molar-refractivity contribution < 1.29 is 0 Å². The van der Waals surface area contributed by atoms with E-state index < -0.39 is 0 Å². The van der Waals surface area contributed by atoms with Crippen LogP contribution in [0.4, 0.5) is 0 Å². The zero-order valence-electron chi connectivity index (χ0n) is 13.1. The molecule has 1 aromatic heterocycles. The van der Waals surface area contributed by atoms with Gasteiger partial charge in [-0.2, -0.15) is 5.10 Å². The van der Waals surface area contributed by atoms with Crippen molar-refractivity contribution in [1.29, 1.82) is 0 Å². The molecule has 1 aromatic rings. The molecule has 2 rings (SSSR count). The number of nitrogens with one attached hydrogen (secondary N) is 1. The molecule has 1 atom stereocenters. The lowest BCUT2D eigenvalue weighted by Crippen LogP contribution is -2.40. The van der Waals surface area contributed by atoms with Crippen LogP contribution in [-0.4, -0.2) is 46.8 Å². The number of hydrogen-bond donors (Lipinski definition) is 1. The highest BCUT2D eigenvalue weighted by atomic mass is 15.3. The van der Waals surface area contributed by atoms with Crippen molar-refractivity contribution >= 4 is 5.96 Å². The Kier molecular flexibility index (Phi) is 5.04. The van der Waals surface area contributed by atoms with Crippen molar-refractivity contribution in [2.45, 2.75) is 33.1 Å². The predicted octanol–water partition coefficient (Wildman–Crippen LogP) is 1.83. The van der Waals surface area contributed by atoms with Crippen LogP contribution in [0.25, 0.3) is 0 Å². The summed E-state index contributed by atoms with van der Waals surface area (Å²) in [5.74, 6) is 2.24. The summed E-state index contributed by atoms with van der Waals surface area (Å²) in [5.41, 5.74) is 1.34. The minimum absolute atomic E-state index is 0.576. The molecule has 0 bridgehead atoms. The van der Waals surface area contributed by atoms with Gasteiger partial charge in [0, 0.05) is 45.3 Å². The summed E-state index contributed by atoms with van der Waals surface area (Å²) in [5, 5.41) is 7.69. The zero-order chi connectivity index (χ0) is 14.5. The zero-order valence-corrected chi connectivity index (χ0v) is 13.1. The van der Waals surface area contributed by atoms with Gasteiger partial charge in [-0.05, 0) is 24.8 Å². The third-order valence-electron chi connectivity index (χ3n) is 3.63. The lowest BCUT2D eigenvalue weighted by molar-refractivity contribution is 0.483. The van der Waals surface area contributed by atoms with Crippen molar-refractivity contribution in [3.63, 3.8) is 0 Å². The van der Waals surface area contributed by atoms with Gasteiger partial charge in [0.2, 0.25) is 0 Å². The maximum absolute atomic E-state index is 4.74. The van der Waals surface area contributed by atoms with E-state index in [4.69, 9.17) is 4.99 Å². The molecule has 1 unspecified atom stereocenters. The summed E-state index contributed by atoms with van der Waals surface area (Å²) in [6, 6.07) is 0. The topological polar surface area (TPSA) is 45.5 Å². The van der Waals surface area contributed by atoms with E-state index >= 15 is 0 Å². The van der Waals surface area contributed by atoms with E-state index in [1.165, 1.54) is 12.0 Å². The van der Waals surface area contributed by atoms with Gasteiger partial charge in [0.25, 0.3) is 0 Å². The Hall–Kier alpha value is -1.52. The molecule has 5 nitrogen and oxygen atoms in total. The molecular weight excluding hydrogens is 250 g/mol. The Labute approximate surface area is 122 Å². The SMILES string of the molecule is CCNC(=NCC(C)C)N1CCC(c2cnn(C)c2)C1. The molecule has 0 aromatic carbocycles. The van der Waals surface area contributed by atoms with Gasteiger partial charge in [-0.25, -0.2) is 0 Å². The molecule has 2 heterocycles. The first-order valence-electron chi connectivity index (χ1n) is 7.62. The monoisotopic (exact) mass is 277 g/mol. The first-order valence-corrected chi connectivity index (χ1v) is 7.62. The number of likely N-dealkylation sites (tertiary alicyclic amines) is 1. The molecule has 20 heavy (non-hydrogen) atoms. The molecule has 1 saturated heterocycles. The third kappa shape index (κ3) is 3.74. The van der Waals surface area contributed by atoms with Gasteiger partial charge in [-0.15, -0.1) is 0 Å². The lowest BCUT2D eigenvalue weighted by Gasteiger charge is -2.21. The van der Waals surface area contributed by atoms with Crippen molar-refractivity contribution in [3.05, 3.63) is 18.0 Å². The molecule has 0 spiro atoms. The molecule has 1 aliphatic rings. The second kappa shape index (κ2) is 6.77. The Morgan fingerprint density at radius 1 is 1.55 bits per heavy atom. The van der Waals surface area contributed by atoms with Gasteiger partial charge in [-0.1, -0.05) is 13.8 Å². The molecule has 0 saturated carbocycles. The van der Waals surface area contributed by atoms with Gasteiger partial charge in [0.05, 0.1) is 6.20 Å². The van der Waals surface area contributed by atoms with Crippen LogP contribution in [-0.2, 0) is 7.05 Å². The molecule has 1 fully saturated rings. The van der Waals surface area contributed by atoms with E-state index in [1.807, 2.05) is 17.9 Å². The fourth-order valence-electron chi connectivity index (χ4n) is 2.57. The summed E-state index contributed by atoms with van der Waals surface area (Å²) in [7, 11) is 1.98. The van der Waals surface area contributed by atoms with Crippen LogP contribution in [0, 0.1) is 5.92 Å². The molecule has 1 aliphatic heterocycles. The van der Waals surface area contributed by atoms with Crippen LogP contribution < -0.4 is 5.32 Å². The number of guanidine groups is 1. The van der Waals surface area contributed by atoms with Crippen LogP contribution in [0.2, 0.25) is 0 Å². The van der Waals surface area contributed by atoms with Crippen molar-refractivity contribution in [2.75, 3.05) is 26.2 Å². The van der Waals surface area contributed by atoms with Gasteiger partial charge < -0.3 is 10.2 Å². The number of hydrogen-bond acceptors (Lipinski definition) is 2. The maximum Gasteiger partial charge on any atom is 0.193 e. The standard InChI is InChI=1S/C15H27N5/c1-5-16-15(17-8-12(2)3)20-7-6-13(11-20)14-9-18-19(4)10-14/h9-10,12-13H,5-8,11H2,1-4H3,(H,16,17). The minimum atomic E-state index is 0.576. The summed E-state index contributed by atoms with van der Waals surface area (Å²) in [6.45, 7) is 10.4. The average Bonchev–Trinajstić information content (AvgIpc) is 3.02. The van der Waals surface area contributed by atoms with Crippen LogP contribution in [0.3, 0.4) is 0 Å². The van der Waals surface area contributed by atoms with Crippen molar-refractivity contribution in [2.24, 2.45) is 18.0 Å². The van der Waals surface area contributed by atoms with Gasteiger partial charge in [-0.3, -0.25) is 9.67 Å². The smallest absolute Gasteiger partial charge is 0.193 e. The van der Waals surface area contributed by atoms with E-state index in [-0.39, 0.29) is 0 Å². The quantitative estimate of drug-likeness (QED) is 0.674. The predicted molar refractivity (Wildman–Crippen MR) is 83.0 cm³/mol. The Balaban J connectivity index is 2.00. The number of rotatable bonds is 4. The van der Waals surface area contributed by atoms with Crippen LogP contribution in [0.5, 0.6) is 0 Å². The fraction of sp³-hybridized carbons (Fsp3) is 0.733. The molecule has 0 aliphatic carbocycles. The second-order valence-corrected chi connectivity index (χ2v) is 5.97. The Morgan fingerprint density at radius 3 is 2.95 bits per heavy atom. The second-order valence-electron chi connectivity index (χ2n) is 5.97. The first-order chi connectivity index (χ1) is 9.60. The van der Waals surface area contributed by atoms with E-state index in [0.717, 1.165) is 32.1 Å². The summed E-state index contributed by atoms with van der Waals surface area (Å²) in [4.78, 5) is 7.12. The largest absolute Gasteiger partial charge is 0.357 e. The highest BCUT2D eigenvalue weighted by molar-refractivity contribution is 5.80. The van der Waals surface area contributed by atoms with Crippen LogP contribution in [0.1, 0.15) is 38.7 Å². The average molecular weight is 277 g/mol. The van der Waals surface area contributed by atoms with Crippen LogP contribution in [0.15, 0.2) is 17.4 Å². The molecule has 1 N–H and O–H groups in total. The molecule has 0 radical (unpaired) electrons. The molecular formula is C15H27N5. The number of aromatic nitrogens is 2. The molecule has 112 valence electrons. The van der Waals surface area contributed by atoms with Gasteiger partial charge >= 0.3 is 0 Å². The number of aliphatic imine (C=N–C) groups is 1. The van der Waals surface area contributed by atoms with Gasteiger partial charge in [0.15, 0.2) is 5.96 Å². The van der Waals surface area contributed by atoms with E-state index in [1.54, 1.807) is 0 Å². The van der Waals surface area contributed by atoms with Crippen LogP contribution >= 0.6 is 0 Å². The third-order valence-corrected chi connectivity index (χ3v) is 3.63.